The number of hydrogen-bond acceptors (Lipinski definition) is 3. The zero-order valence-electron chi connectivity index (χ0n) is 12.1. The highest BCUT2D eigenvalue weighted by Gasteiger charge is 2.30. The van der Waals surface area contributed by atoms with Gasteiger partial charge < -0.3 is 14.7 Å². The van der Waals surface area contributed by atoms with E-state index in [9.17, 15) is 9.59 Å². The number of hydrogen-bond donors (Lipinski definition) is 0. The Bertz CT molecular complexity index is 330. The molecule has 0 spiro atoms. The van der Waals surface area contributed by atoms with Gasteiger partial charge in [0.25, 0.3) is 0 Å². The predicted octanol–water partition coefficient (Wildman–Crippen LogP) is 0.409. The highest BCUT2D eigenvalue weighted by molar-refractivity contribution is 5.79. The smallest absolute Gasteiger partial charge is 0.225 e. The van der Waals surface area contributed by atoms with E-state index in [-0.39, 0.29) is 11.8 Å². The molecule has 19 heavy (non-hydrogen) atoms. The molecule has 0 N–H and O–H groups in total. The third-order valence-corrected chi connectivity index (χ3v) is 4.42. The number of likely N-dealkylation sites (tertiary alicyclic amines) is 1. The number of carbonyl (C=O) groups excluding carboxylic acids is 2. The molecule has 0 aromatic rings. The lowest BCUT2D eigenvalue weighted by atomic mass is 9.95. The Morgan fingerprint density at radius 2 is 1.47 bits per heavy atom. The quantitative estimate of drug-likeness (QED) is 0.728. The van der Waals surface area contributed by atoms with Crippen LogP contribution < -0.4 is 0 Å². The van der Waals surface area contributed by atoms with Crippen LogP contribution >= 0.6 is 0 Å². The van der Waals surface area contributed by atoms with E-state index in [1.807, 2.05) is 9.80 Å². The molecule has 5 heteroatoms. The maximum atomic E-state index is 12.4. The summed E-state index contributed by atoms with van der Waals surface area (Å²) in [5, 5.41) is 0. The minimum atomic E-state index is 0.114. The van der Waals surface area contributed by atoms with Gasteiger partial charge in [0, 0.05) is 39.0 Å². The van der Waals surface area contributed by atoms with Gasteiger partial charge in [-0.3, -0.25) is 9.59 Å². The Morgan fingerprint density at radius 3 is 1.95 bits per heavy atom. The van der Waals surface area contributed by atoms with Crippen molar-refractivity contribution in [3.8, 4) is 0 Å². The zero-order chi connectivity index (χ0) is 13.8. The van der Waals surface area contributed by atoms with Gasteiger partial charge >= 0.3 is 0 Å². The van der Waals surface area contributed by atoms with Gasteiger partial charge in [0.05, 0.1) is 0 Å². The fourth-order valence-corrected chi connectivity index (χ4v) is 3.00. The van der Waals surface area contributed by atoms with Gasteiger partial charge in [0.1, 0.15) is 0 Å². The molecule has 0 aromatic heterocycles. The summed E-state index contributed by atoms with van der Waals surface area (Å²) in [5.74, 6) is 0.619. The second-order valence-electron chi connectivity index (χ2n) is 5.54. The summed E-state index contributed by atoms with van der Waals surface area (Å²) in [6, 6.07) is 0. The first-order valence-electron chi connectivity index (χ1n) is 7.38. The molecule has 2 aliphatic rings. The largest absolute Gasteiger partial charge is 0.339 e. The lowest BCUT2D eigenvalue weighted by molar-refractivity contribution is -0.142. The molecule has 2 heterocycles. The van der Waals surface area contributed by atoms with E-state index in [4.69, 9.17) is 0 Å². The summed E-state index contributed by atoms with van der Waals surface area (Å²) in [4.78, 5) is 29.9. The van der Waals surface area contributed by atoms with Crippen LogP contribution in [-0.2, 0) is 9.59 Å². The summed E-state index contributed by atoms with van der Waals surface area (Å²) in [6.07, 6.45) is 1.97. The van der Waals surface area contributed by atoms with Crippen molar-refractivity contribution in [2.75, 3.05) is 45.8 Å². The average molecular weight is 267 g/mol. The lowest BCUT2D eigenvalue weighted by Gasteiger charge is -2.38. The minimum Gasteiger partial charge on any atom is -0.339 e. The molecule has 0 aliphatic carbocycles. The summed E-state index contributed by atoms with van der Waals surface area (Å²) in [7, 11) is 0. The molecule has 5 nitrogen and oxygen atoms in total. The number of nitrogens with zero attached hydrogens (tertiary/aromatic N) is 3. The van der Waals surface area contributed by atoms with Gasteiger partial charge in [0.2, 0.25) is 11.8 Å². The molecule has 0 unspecified atom stereocenters. The summed E-state index contributed by atoms with van der Waals surface area (Å²) in [6.45, 7) is 9.71. The van der Waals surface area contributed by atoms with Crippen molar-refractivity contribution in [2.45, 2.75) is 26.7 Å². The minimum absolute atomic E-state index is 0.114. The monoisotopic (exact) mass is 267 g/mol. The Morgan fingerprint density at radius 1 is 0.947 bits per heavy atom. The van der Waals surface area contributed by atoms with Crippen molar-refractivity contribution in [2.24, 2.45) is 5.92 Å². The van der Waals surface area contributed by atoms with Crippen molar-refractivity contribution < 1.29 is 9.59 Å². The average Bonchev–Trinajstić information content (AvgIpc) is 2.46. The summed E-state index contributed by atoms with van der Waals surface area (Å²) >= 11 is 0. The Hall–Kier alpha value is -1.10. The molecule has 0 aromatic carbocycles. The molecule has 108 valence electrons. The number of piperazine rings is 1. The van der Waals surface area contributed by atoms with Gasteiger partial charge in [-0.15, -0.1) is 0 Å². The number of amides is 2. The fraction of sp³-hybridized carbons (Fsp3) is 0.857. The van der Waals surface area contributed by atoms with Crippen molar-refractivity contribution in [3.05, 3.63) is 0 Å². The van der Waals surface area contributed by atoms with Crippen molar-refractivity contribution in [1.29, 1.82) is 0 Å². The first kappa shape index (κ1) is 14.3. The lowest BCUT2D eigenvalue weighted by Crippen LogP contribution is -2.52. The topological polar surface area (TPSA) is 43.9 Å². The zero-order valence-corrected chi connectivity index (χ0v) is 12.1. The SMILES string of the molecule is CCN1CCC(C(=O)N2CCN(C(C)=O)CC2)CC1. The van der Waals surface area contributed by atoms with Gasteiger partial charge in [-0.2, -0.15) is 0 Å². The number of rotatable bonds is 2. The van der Waals surface area contributed by atoms with Crippen LogP contribution in [0.1, 0.15) is 26.7 Å². The van der Waals surface area contributed by atoms with Crippen molar-refractivity contribution in [3.63, 3.8) is 0 Å². The molecule has 2 amide bonds. The van der Waals surface area contributed by atoms with Crippen LogP contribution in [0.25, 0.3) is 0 Å². The molecule has 0 atom stereocenters. The standard InChI is InChI=1S/C14H25N3O2/c1-3-15-6-4-13(5-7-15)14(19)17-10-8-16(9-11-17)12(2)18/h13H,3-11H2,1-2H3. The first-order chi connectivity index (χ1) is 9.11. The third kappa shape index (κ3) is 3.47. The van der Waals surface area contributed by atoms with Gasteiger partial charge in [-0.1, -0.05) is 6.92 Å². The van der Waals surface area contributed by atoms with Crippen LogP contribution in [-0.4, -0.2) is 72.3 Å². The predicted molar refractivity (Wildman–Crippen MR) is 73.7 cm³/mol. The molecule has 0 saturated carbocycles. The van der Waals surface area contributed by atoms with E-state index in [2.05, 4.69) is 11.8 Å². The van der Waals surface area contributed by atoms with Crippen LogP contribution in [0.2, 0.25) is 0 Å². The Balaban J connectivity index is 1.80. The number of carbonyl (C=O) groups is 2. The normalized spacial score (nSPS) is 22.6. The fourth-order valence-electron chi connectivity index (χ4n) is 3.00. The second kappa shape index (κ2) is 6.37. The molecular formula is C14H25N3O2. The van der Waals surface area contributed by atoms with E-state index in [1.165, 1.54) is 0 Å². The van der Waals surface area contributed by atoms with E-state index < -0.39 is 0 Å². The summed E-state index contributed by atoms with van der Waals surface area (Å²) in [5.41, 5.74) is 0. The molecule has 2 fully saturated rings. The van der Waals surface area contributed by atoms with Gasteiger partial charge in [-0.25, -0.2) is 0 Å². The van der Waals surface area contributed by atoms with E-state index in [0.717, 1.165) is 32.5 Å². The maximum Gasteiger partial charge on any atom is 0.225 e. The first-order valence-corrected chi connectivity index (χ1v) is 7.38. The maximum absolute atomic E-state index is 12.4. The number of piperidine rings is 1. The molecule has 2 rings (SSSR count). The second-order valence-corrected chi connectivity index (χ2v) is 5.54. The van der Waals surface area contributed by atoms with Crippen LogP contribution in [0.4, 0.5) is 0 Å². The van der Waals surface area contributed by atoms with Crippen LogP contribution in [0.3, 0.4) is 0 Å². The molecule has 0 radical (unpaired) electrons. The van der Waals surface area contributed by atoms with E-state index in [1.54, 1.807) is 6.92 Å². The molecule has 0 bridgehead atoms. The Labute approximate surface area is 115 Å². The third-order valence-electron chi connectivity index (χ3n) is 4.42. The highest BCUT2D eigenvalue weighted by Crippen LogP contribution is 2.20. The van der Waals surface area contributed by atoms with Crippen molar-refractivity contribution >= 4 is 11.8 Å². The van der Waals surface area contributed by atoms with Crippen LogP contribution in [0, 0.1) is 5.92 Å². The van der Waals surface area contributed by atoms with E-state index >= 15 is 0 Å². The van der Waals surface area contributed by atoms with Crippen LogP contribution in [0.5, 0.6) is 0 Å². The summed E-state index contributed by atoms with van der Waals surface area (Å²) < 4.78 is 0. The molecular weight excluding hydrogens is 242 g/mol. The molecule has 2 saturated heterocycles. The highest BCUT2D eigenvalue weighted by atomic mass is 16.2. The van der Waals surface area contributed by atoms with E-state index in [0.29, 0.717) is 32.1 Å². The van der Waals surface area contributed by atoms with Crippen molar-refractivity contribution in [1.82, 2.24) is 14.7 Å². The van der Waals surface area contributed by atoms with Gasteiger partial charge in [-0.05, 0) is 32.5 Å². The molecule has 2 aliphatic heterocycles. The van der Waals surface area contributed by atoms with Crippen LogP contribution in [0.15, 0.2) is 0 Å². The Kier molecular flexibility index (Phi) is 4.80. The van der Waals surface area contributed by atoms with Gasteiger partial charge in [0.15, 0.2) is 0 Å².